The molecule has 0 bridgehead atoms. The molecule has 116 valence electrons. The Balaban J connectivity index is 2.18. The van der Waals surface area contributed by atoms with E-state index in [0.29, 0.717) is 9.90 Å². The number of thiophene rings is 1. The van der Waals surface area contributed by atoms with Crippen LogP contribution in [0.5, 0.6) is 0 Å². The Morgan fingerprint density at radius 2 is 1.95 bits per heavy atom. The van der Waals surface area contributed by atoms with Crippen molar-refractivity contribution in [2.75, 3.05) is 7.11 Å². The van der Waals surface area contributed by atoms with Crippen molar-refractivity contribution in [3.05, 3.63) is 55.6 Å². The smallest absolute Gasteiger partial charge is 0.307 e. The summed E-state index contributed by atoms with van der Waals surface area (Å²) < 4.78 is 5.57. The maximum absolute atomic E-state index is 12.3. The number of carbonyl (C=O) groups excluding carboxylic acids is 2. The number of ether oxygens (including phenoxy) is 1. The van der Waals surface area contributed by atoms with Crippen molar-refractivity contribution in [3.63, 3.8) is 0 Å². The molecular weight excluding hydrogens is 390 g/mol. The monoisotopic (exact) mass is 401 g/mol. The van der Waals surface area contributed by atoms with E-state index in [4.69, 9.17) is 16.3 Å². The average molecular weight is 403 g/mol. The van der Waals surface area contributed by atoms with Crippen LogP contribution in [0.3, 0.4) is 0 Å². The second kappa shape index (κ2) is 7.76. The fourth-order valence-electron chi connectivity index (χ4n) is 1.86. The number of methoxy groups -OCH3 is 1. The Kier molecular flexibility index (Phi) is 5.99. The maximum atomic E-state index is 12.3. The molecule has 1 amide bonds. The second-order valence-electron chi connectivity index (χ2n) is 4.46. The third-order valence-electron chi connectivity index (χ3n) is 2.97. The molecule has 2 aromatic rings. The molecule has 0 aliphatic heterocycles. The number of amides is 1. The van der Waals surface area contributed by atoms with Gasteiger partial charge in [-0.1, -0.05) is 23.7 Å². The molecule has 0 fully saturated rings. The first-order valence-electron chi connectivity index (χ1n) is 6.38. The van der Waals surface area contributed by atoms with E-state index in [0.717, 1.165) is 9.35 Å². The summed E-state index contributed by atoms with van der Waals surface area (Å²) in [5.74, 6) is -0.632. The van der Waals surface area contributed by atoms with Crippen LogP contribution >= 0.6 is 38.9 Å². The lowest BCUT2D eigenvalue weighted by Crippen LogP contribution is -2.30. The quantitative estimate of drug-likeness (QED) is 0.763. The van der Waals surface area contributed by atoms with Gasteiger partial charge in [0.05, 0.1) is 28.2 Å². The lowest BCUT2D eigenvalue weighted by Gasteiger charge is -2.18. The Morgan fingerprint density at radius 3 is 2.50 bits per heavy atom. The minimum absolute atomic E-state index is 0.0520. The van der Waals surface area contributed by atoms with Crippen LogP contribution in [0.25, 0.3) is 0 Å². The highest BCUT2D eigenvalue weighted by Gasteiger charge is 2.20. The third-order valence-corrected chi connectivity index (χ3v) is 4.85. The van der Waals surface area contributed by atoms with Crippen molar-refractivity contribution in [2.45, 2.75) is 12.5 Å². The summed E-state index contributed by atoms with van der Waals surface area (Å²) in [5, 5.41) is 3.45. The van der Waals surface area contributed by atoms with Crippen LogP contribution in [0.1, 0.15) is 27.7 Å². The molecular formula is C15H13BrClNO3S. The van der Waals surface area contributed by atoms with Crippen LogP contribution < -0.4 is 5.32 Å². The Hall–Kier alpha value is -1.37. The number of benzene rings is 1. The topological polar surface area (TPSA) is 55.4 Å². The summed E-state index contributed by atoms with van der Waals surface area (Å²) in [6.45, 7) is 0. The molecule has 1 heterocycles. The average Bonchev–Trinajstić information content (AvgIpc) is 2.94. The van der Waals surface area contributed by atoms with E-state index in [1.54, 1.807) is 36.4 Å². The lowest BCUT2D eigenvalue weighted by atomic mass is 10.0. The van der Waals surface area contributed by atoms with Crippen molar-refractivity contribution in [1.82, 2.24) is 5.32 Å². The van der Waals surface area contributed by atoms with Gasteiger partial charge in [0.15, 0.2) is 0 Å². The van der Waals surface area contributed by atoms with Gasteiger partial charge in [0.1, 0.15) is 0 Å². The zero-order valence-electron chi connectivity index (χ0n) is 11.6. The van der Waals surface area contributed by atoms with Crippen LogP contribution in [0.15, 0.2) is 40.2 Å². The summed E-state index contributed by atoms with van der Waals surface area (Å²) in [4.78, 5) is 24.4. The van der Waals surface area contributed by atoms with Crippen molar-refractivity contribution in [1.29, 1.82) is 0 Å². The Bertz CT molecular complexity index is 672. The van der Waals surface area contributed by atoms with Crippen LogP contribution in [0.2, 0.25) is 5.02 Å². The summed E-state index contributed by atoms with van der Waals surface area (Å²) >= 11 is 10.5. The number of carbonyl (C=O) groups is 2. The predicted molar refractivity (Wildman–Crippen MR) is 90.3 cm³/mol. The number of hydrogen-bond donors (Lipinski definition) is 1. The van der Waals surface area contributed by atoms with Crippen molar-refractivity contribution in [2.24, 2.45) is 0 Å². The SMILES string of the molecule is COC(=O)CC(NC(=O)c1ccc(Br)s1)c1ccc(Cl)cc1. The largest absolute Gasteiger partial charge is 0.469 e. The summed E-state index contributed by atoms with van der Waals surface area (Å²) in [6.07, 6.45) is 0.0520. The van der Waals surface area contributed by atoms with Gasteiger partial charge in [0.2, 0.25) is 0 Å². The first kappa shape index (κ1) is 17.0. The van der Waals surface area contributed by atoms with E-state index in [-0.39, 0.29) is 12.3 Å². The van der Waals surface area contributed by atoms with Crippen molar-refractivity contribution < 1.29 is 14.3 Å². The highest BCUT2D eigenvalue weighted by atomic mass is 79.9. The molecule has 2 rings (SSSR count). The van der Waals surface area contributed by atoms with E-state index in [1.807, 2.05) is 0 Å². The van der Waals surface area contributed by atoms with Gasteiger partial charge in [-0.05, 0) is 45.8 Å². The molecule has 0 saturated carbocycles. The molecule has 7 heteroatoms. The highest BCUT2D eigenvalue weighted by molar-refractivity contribution is 9.11. The van der Waals surface area contributed by atoms with E-state index >= 15 is 0 Å². The van der Waals surface area contributed by atoms with E-state index < -0.39 is 12.0 Å². The zero-order valence-corrected chi connectivity index (χ0v) is 14.8. The summed E-state index contributed by atoms with van der Waals surface area (Å²) in [7, 11) is 1.32. The van der Waals surface area contributed by atoms with Gasteiger partial charge >= 0.3 is 5.97 Å². The normalized spacial score (nSPS) is 11.8. The van der Waals surface area contributed by atoms with Gasteiger partial charge in [-0.2, -0.15) is 0 Å². The third kappa shape index (κ3) is 4.56. The van der Waals surface area contributed by atoms with E-state index in [1.165, 1.54) is 18.4 Å². The van der Waals surface area contributed by atoms with Crippen LogP contribution in [-0.2, 0) is 9.53 Å². The minimum Gasteiger partial charge on any atom is -0.469 e. The van der Waals surface area contributed by atoms with Gasteiger partial charge in [0, 0.05) is 5.02 Å². The molecule has 22 heavy (non-hydrogen) atoms. The second-order valence-corrected chi connectivity index (χ2v) is 7.36. The molecule has 4 nitrogen and oxygen atoms in total. The van der Waals surface area contributed by atoms with Crippen LogP contribution in [0, 0.1) is 0 Å². The number of rotatable bonds is 5. The van der Waals surface area contributed by atoms with Gasteiger partial charge < -0.3 is 10.1 Å². The molecule has 0 saturated heterocycles. The van der Waals surface area contributed by atoms with Gasteiger partial charge in [0.25, 0.3) is 5.91 Å². The Labute approximate surface area is 145 Å². The van der Waals surface area contributed by atoms with Crippen molar-refractivity contribution in [3.8, 4) is 0 Å². The predicted octanol–water partition coefficient (Wildman–Crippen LogP) is 4.20. The molecule has 1 aromatic heterocycles. The number of hydrogen-bond acceptors (Lipinski definition) is 4. The van der Waals surface area contributed by atoms with Gasteiger partial charge in [-0.3, -0.25) is 9.59 Å². The minimum atomic E-state index is -0.474. The first-order chi connectivity index (χ1) is 10.5. The number of halogens is 2. The molecule has 0 radical (unpaired) electrons. The van der Waals surface area contributed by atoms with Crippen LogP contribution in [-0.4, -0.2) is 19.0 Å². The fourth-order valence-corrected chi connectivity index (χ4v) is 3.28. The molecule has 0 spiro atoms. The number of esters is 1. The molecule has 0 aliphatic carbocycles. The fraction of sp³-hybridized carbons (Fsp3) is 0.200. The number of nitrogens with one attached hydrogen (secondary N) is 1. The van der Waals surface area contributed by atoms with E-state index in [2.05, 4.69) is 21.2 Å². The van der Waals surface area contributed by atoms with Crippen LogP contribution in [0.4, 0.5) is 0 Å². The summed E-state index contributed by atoms with van der Waals surface area (Å²) in [6, 6.07) is 10.0. The van der Waals surface area contributed by atoms with Crippen molar-refractivity contribution >= 4 is 50.7 Å². The maximum Gasteiger partial charge on any atom is 0.307 e. The molecule has 1 unspecified atom stereocenters. The molecule has 1 aromatic carbocycles. The van der Waals surface area contributed by atoms with Gasteiger partial charge in [-0.15, -0.1) is 11.3 Å². The highest BCUT2D eigenvalue weighted by Crippen LogP contribution is 2.24. The lowest BCUT2D eigenvalue weighted by molar-refractivity contribution is -0.141. The van der Waals surface area contributed by atoms with Gasteiger partial charge in [-0.25, -0.2) is 0 Å². The molecule has 1 atom stereocenters. The summed E-state index contributed by atoms with van der Waals surface area (Å²) in [5.41, 5.74) is 0.791. The zero-order chi connectivity index (χ0) is 16.1. The molecule has 0 aliphatic rings. The standard InChI is InChI=1S/C15H13BrClNO3S/c1-21-14(19)8-11(9-2-4-10(17)5-3-9)18-15(20)12-6-7-13(16)22-12/h2-7,11H,8H2,1H3,(H,18,20). The Morgan fingerprint density at radius 1 is 1.27 bits per heavy atom. The first-order valence-corrected chi connectivity index (χ1v) is 8.37. The van der Waals surface area contributed by atoms with E-state index in [9.17, 15) is 9.59 Å². The molecule has 1 N–H and O–H groups in total.